The van der Waals surface area contributed by atoms with Crippen molar-refractivity contribution in [1.29, 1.82) is 0 Å². The normalized spacial score (nSPS) is 16.1. The fourth-order valence-electron chi connectivity index (χ4n) is 5.75. The third-order valence-corrected chi connectivity index (χ3v) is 10.3. The van der Waals surface area contributed by atoms with Crippen molar-refractivity contribution in [3.8, 4) is 0 Å². The summed E-state index contributed by atoms with van der Waals surface area (Å²) in [6.07, 6.45) is 1.25. The number of sulfonamides is 1. The van der Waals surface area contributed by atoms with E-state index in [2.05, 4.69) is 10.3 Å². The fourth-order valence-corrected chi connectivity index (χ4v) is 7.10. The molecule has 4 rings (SSSR count). The number of carbonyl (C=O) groups is 4. The van der Waals surface area contributed by atoms with E-state index in [1.54, 1.807) is 72.8 Å². The lowest BCUT2D eigenvalue weighted by Gasteiger charge is -2.29. The smallest absolute Gasteiger partial charge is 0.304 e. The van der Waals surface area contributed by atoms with Crippen molar-refractivity contribution in [2.45, 2.75) is 49.6 Å². The number of rotatable bonds is 15. The Morgan fingerprint density at radius 1 is 1.00 bits per heavy atom. The van der Waals surface area contributed by atoms with Crippen LogP contribution in [0.4, 0.5) is 5.69 Å². The summed E-state index contributed by atoms with van der Waals surface area (Å²) < 4.78 is 28.5. The molecule has 6 N–H and O–H groups in total. The molecule has 1 heterocycles. The third kappa shape index (κ3) is 9.42. The second-order valence-electron chi connectivity index (χ2n) is 12.0. The predicted molar refractivity (Wildman–Crippen MR) is 190 cm³/mol. The Labute approximate surface area is 291 Å². The van der Waals surface area contributed by atoms with Gasteiger partial charge in [0.2, 0.25) is 21.8 Å². The van der Waals surface area contributed by atoms with Crippen molar-refractivity contribution < 1.29 is 32.7 Å². The van der Waals surface area contributed by atoms with Gasteiger partial charge in [0.1, 0.15) is 12.1 Å². The summed E-state index contributed by atoms with van der Waals surface area (Å²) >= 11 is 0. The SMILES string of the molecule is Cc1ccc(S(=O)(=O)N(C)[C@@H](CCCN=C(N)N)C(=O)NC(C(=O)c2ccccc2)C2=C[C@@H](CC(=O)O)C(=O)N(c3ccccc3)CC2)cc1. The van der Waals surface area contributed by atoms with E-state index in [1.807, 2.05) is 6.92 Å². The molecule has 3 aromatic carbocycles. The predicted octanol–water partition coefficient (Wildman–Crippen LogP) is 2.86. The number of ketones is 1. The number of benzene rings is 3. The Morgan fingerprint density at radius 2 is 1.62 bits per heavy atom. The second kappa shape index (κ2) is 16.9. The minimum Gasteiger partial charge on any atom is -0.481 e. The van der Waals surface area contributed by atoms with Crippen LogP contribution in [0.25, 0.3) is 0 Å². The molecule has 14 heteroatoms. The van der Waals surface area contributed by atoms with Gasteiger partial charge in [-0.3, -0.25) is 24.2 Å². The molecule has 0 saturated carbocycles. The van der Waals surface area contributed by atoms with Crippen molar-refractivity contribution in [1.82, 2.24) is 9.62 Å². The first-order valence-corrected chi connectivity index (χ1v) is 17.5. The Hall–Kier alpha value is -5.34. The fraction of sp³-hybridized carbons (Fsp3) is 0.306. The van der Waals surface area contributed by atoms with Gasteiger partial charge in [-0.25, -0.2) is 8.42 Å². The number of carbonyl (C=O) groups excluding carboxylic acids is 3. The van der Waals surface area contributed by atoms with Crippen LogP contribution in [0.5, 0.6) is 0 Å². The molecule has 1 unspecified atom stereocenters. The van der Waals surface area contributed by atoms with Crippen molar-refractivity contribution in [3.63, 3.8) is 0 Å². The highest BCUT2D eigenvalue weighted by atomic mass is 32.2. The van der Waals surface area contributed by atoms with Gasteiger partial charge in [-0.15, -0.1) is 0 Å². The second-order valence-corrected chi connectivity index (χ2v) is 14.0. The van der Waals surface area contributed by atoms with Crippen LogP contribution < -0.4 is 21.7 Å². The number of aliphatic imine (C=N–C) groups is 1. The van der Waals surface area contributed by atoms with E-state index in [9.17, 15) is 32.7 Å². The first-order valence-electron chi connectivity index (χ1n) is 16.1. The number of carboxylic acids is 1. The molecule has 13 nitrogen and oxygen atoms in total. The molecule has 0 radical (unpaired) electrons. The molecule has 0 aromatic heterocycles. The first-order chi connectivity index (χ1) is 23.8. The van der Waals surface area contributed by atoms with E-state index in [0.29, 0.717) is 11.3 Å². The number of aryl methyl sites for hydroxylation is 1. The zero-order chi connectivity index (χ0) is 36.4. The molecule has 0 fully saturated rings. The van der Waals surface area contributed by atoms with E-state index in [-0.39, 0.29) is 48.8 Å². The van der Waals surface area contributed by atoms with Gasteiger partial charge >= 0.3 is 5.97 Å². The topological polar surface area (TPSA) is 206 Å². The van der Waals surface area contributed by atoms with Gasteiger partial charge in [-0.1, -0.05) is 72.3 Å². The molecule has 0 aliphatic carbocycles. The number of aliphatic carboxylic acids is 1. The zero-order valence-electron chi connectivity index (χ0n) is 27.9. The number of nitrogens with one attached hydrogen (secondary N) is 1. The van der Waals surface area contributed by atoms with Crippen molar-refractivity contribution >= 4 is 45.2 Å². The standard InChI is InChI=1S/C36H42N6O7S/c1-24-15-17-29(18-16-24)50(48,49)41(2)30(14-9-20-39-36(37)38)34(46)40-32(33(45)25-10-5-3-6-11-25)26-19-21-42(28-12-7-4-8-13-28)35(47)27(22-26)23-31(43)44/h3-8,10-13,15-18,22,27,30,32H,9,14,19-21,23H2,1-2H3,(H,40,46)(H,43,44)(H4,37,38,39)/t27-,30-,32?/m0/s1. The molecular weight excluding hydrogens is 660 g/mol. The van der Waals surface area contributed by atoms with Gasteiger partial charge in [-0.2, -0.15) is 4.31 Å². The number of nitrogens with zero attached hydrogens (tertiary/aromatic N) is 3. The van der Waals surface area contributed by atoms with Gasteiger partial charge in [0.15, 0.2) is 11.7 Å². The minimum atomic E-state index is -4.19. The summed E-state index contributed by atoms with van der Waals surface area (Å²) in [7, 11) is -2.90. The number of hydrogen-bond acceptors (Lipinski definition) is 7. The molecule has 3 aromatic rings. The number of para-hydroxylation sites is 1. The summed E-state index contributed by atoms with van der Waals surface area (Å²) in [6, 6.07) is 20.5. The monoisotopic (exact) mass is 702 g/mol. The average Bonchev–Trinajstić information content (AvgIpc) is 3.25. The number of nitrogens with two attached hydrogens (primary N) is 2. The number of hydrogen-bond donors (Lipinski definition) is 4. The molecule has 1 aliphatic rings. The van der Waals surface area contributed by atoms with Gasteiger partial charge < -0.3 is 26.8 Å². The molecule has 3 atom stereocenters. The molecule has 0 bridgehead atoms. The van der Waals surface area contributed by atoms with Crippen LogP contribution in [0.2, 0.25) is 0 Å². The van der Waals surface area contributed by atoms with E-state index in [4.69, 9.17) is 11.5 Å². The van der Waals surface area contributed by atoms with E-state index >= 15 is 0 Å². The molecule has 50 heavy (non-hydrogen) atoms. The quantitative estimate of drug-likeness (QED) is 0.0603. The van der Waals surface area contributed by atoms with Gasteiger partial charge in [0, 0.05) is 31.4 Å². The highest BCUT2D eigenvalue weighted by molar-refractivity contribution is 7.89. The van der Waals surface area contributed by atoms with Gasteiger partial charge in [0.25, 0.3) is 0 Å². The number of likely N-dealkylation sites (N-methyl/N-ethyl adjacent to an activating group) is 1. The number of anilines is 1. The van der Waals surface area contributed by atoms with Crippen molar-refractivity contribution in [2.24, 2.45) is 22.4 Å². The van der Waals surface area contributed by atoms with Crippen LogP contribution in [-0.4, -0.2) is 79.6 Å². The number of guanidine groups is 1. The largest absolute Gasteiger partial charge is 0.481 e. The lowest BCUT2D eigenvalue weighted by atomic mass is 9.91. The first kappa shape index (κ1) is 37.5. The van der Waals surface area contributed by atoms with Gasteiger partial charge in [-0.05, 0) is 56.0 Å². The van der Waals surface area contributed by atoms with Crippen LogP contribution in [0.15, 0.2) is 106 Å². The third-order valence-electron chi connectivity index (χ3n) is 8.43. The van der Waals surface area contributed by atoms with Crippen molar-refractivity contribution in [2.75, 3.05) is 25.0 Å². The molecule has 0 saturated heterocycles. The number of carboxylic acid groups (broad SMARTS) is 1. The Morgan fingerprint density at radius 3 is 2.22 bits per heavy atom. The minimum absolute atomic E-state index is 0.00257. The molecule has 1 aliphatic heterocycles. The molecule has 264 valence electrons. The lowest BCUT2D eigenvalue weighted by Crippen LogP contribution is -2.52. The number of amides is 2. The highest BCUT2D eigenvalue weighted by Crippen LogP contribution is 2.28. The van der Waals surface area contributed by atoms with Crippen LogP contribution in [-0.2, 0) is 24.4 Å². The van der Waals surface area contributed by atoms with E-state index in [1.165, 1.54) is 30.2 Å². The van der Waals surface area contributed by atoms with Crippen LogP contribution in [0, 0.1) is 12.8 Å². The Kier molecular flexibility index (Phi) is 12.6. The van der Waals surface area contributed by atoms with Crippen LogP contribution in [0.3, 0.4) is 0 Å². The summed E-state index contributed by atoms with van der Waals surface area (Å²) in [5.74, 6) is -4.26. The maximum absolute atomic E-state index is 14.3. The highest BCUT2D eigenvalue weighted by Gasteiger charge is 2.38. The maximum atomic E-state index is 14.3. The Balaban J connectivity index is 1.75. The zero-order valence-corrected chi connectivity index (χ0v) is 28.8. The van der Waals surface area contributed by atoms with Crippen LogP contribution >= 0.6 is 0 Å². The summed E-state index contributed by atoms with van der Waals surface area (Å²) in [6.45, 7) is 2.04. The average molecular weight is 703 g/mol. The summed E-state index contributed by atoms with van der Waals surface area (Å²) in [4.78, 5) is 59.5. The molecular formula is C36H42N6O7S. The number of Topliss-reactive ketones (excluding diaryl/α,β-unsaturated/α-hetero) is 1. The maximum Gasteiger partial charge on any atom is 0.304 e. The van der Waals surface area contributed by atoms with E-state index in [0.717, 1.165) is 9.87 Å². The summed E-state index contributed by atoms with van der Waals surface area (Å²) in [5, 5.41) is 12.5. The molecule has 0 spiro atoms. The molecule has 2 amide bonds. The summed E-state index contributed by atoms with van der Waals surface area (Å²) in [5.41, 5.74) is 12.9. The van der Waals surface area contributed by atoms with Gasteiger partial charge in [0.05, 0.1) is 17.2 Å². The Bertz CT molecular complexity index is 1840. The van der Waals surface area contributed by atoms with Crippen molar-refractivity contribution in [3.05, 3.63) is 108 Å². The van der Waals surface area contributed by atoms with Crippen LogP contribution in [0.1, 0.15) is 41.6 Å². The van der Waals surface area contributed by atoms with E-state index < -0.39 is 58.0 Å². The lowest BCUT2D eigenvalue weighted by molar-refractivity contribution is -0.139.